The predicted octanol–water partition coefficient (Wildman–Crippen LogP) is 4.24. The second-order valence-electron chi connectivity index (χ2n) is 3.81. The van der Waals surface area contributed by atoms with E-state index in [2.05, 4.69) is 15.0 Å². The molecule has 0 aliphatic heterocycles. The van der Waals surface area contributed by atoms with Crippen LogP contribution < -0.4 is 10.1 Å². The van der Waals surface area contributed by atoms with Crippen molar-refractivity contribution in [1.29, 1.82) is 0 Å². The first-order chi connectivity index (χ1) is 9.99. The van der Waals surface area contributed by atoms with Gasteiger partial charge in [-0.2, -0.15) is 8.78 Å². The fraction of sp³-hybridized carbons (Fsp3) is 0.0769. The summed E-state index contributed by atoms with van der Waals surface area (Å²) >= 11 is 11.7. The topological polar surface area (TPSA) is 51.2 Å². The number of benzene rings is 1. The smallest absolute Gasteiger partial charge is 0.387 e. The maximum absolute atomic E-state index is 12.3. The van der Waals surface area contributed by atoms with Gasteiger partial charge < -0.3 is 10.1 Å². The summed E-state index contributed by atoms with van der Waals surface area (Å²) in [6.45, 7) is -3.04. The highest BCUT2D eigenvalue weighted by molar-refractivity contribution is 6.39. The van der Waals surface area contributed by atoms with Crippen molar-refractivity contribution < 1.29 is 18.3 Å². The van der Waals surface area contributed by atoms with Crippen molar-refractivity contribution in [2.75, 3.05) is 5.32 Å². The second kappa shape index (κ2) is 6.69. The van der Waals surface area contributed by atoms with Gasteiger partial charge in [0.05, 0.1) is 21.3 Å². The summed E-state index contributed by atoms with van der Waals surface area (Å²) in [6.07, 6.45) is 2.59. The molecule has 2 rings (SSSR count). The van der Waals surface area contributed by atoms with Crippen molar-refractivity contribution in [2.24, 2.45) is 0 Å². The summed E-state index contributed by atoms with van der Waals surface area (Å²) in [6, 6.07) is 5.59. The van der Waals surface area contributed by atoms with Gasteiger partial charge in [-0.25, -0.2) is 0 Å². The number of ether oxygens (including phenoxy) is 1. The number of carbonyl (C=O) groups is 1. The molecule has 0 bridgehead atoms. The van der Waals surface area contributed by atoms with Gasteiger partial charge >= 0.3 is 6.61 Å². The van der Waals surface area contributed by atoms with E-state index in [1.807, 2.05) is 0 Å². The van der Waals surface area contributed by atoms with Gasteiger partial charge in [0, 0.05) is 12.4 Å². The van der Waals surface area contributed by atoms with E-state index < -0.39 is 12.5 Å². The first-order valence-electron chi connectivity index (χ1n) is 5.63. The number of hydrogen-bond donors (Lipinski definition) is 1. The van der Waals surface area contributed by atoms with E-state index in [0.29, 0.717) is 0 Å². The van der Waals surface area contributed by atoms with E-state index in [1.54, 1.807) is 0 Å². The molecule has 2 aromatic rings. The lowest BCUT2D eigenvalue weighted by atomic mass is 10.2. The quantitative estimate of drug-likeness (QED) is 0.910. The van der Waals surface area contributed by atoms with Crippen LogP contribution in [0.3, 0.4) is 0 Å². The molecule has 0 saturated heterocycles. The molecule has 0 atom stereocenters. The predicted molar refractivity (Wildman–Crippen MR) is 75.3 cm³/mol. The molecule has 1 amide bonds. The highest BCUT2D eigenvalue weighted by atomic mass is 35.5. The number of nitrogens with zero attached hydrogens (tertiary/aromatic N) is 1. The average Bonchev–Trinajstić information content (AvgIpc) is 2.43. The number of rotatable bonds is 4. The SMILES string of the molecule is O=C(Nc1c(Cl)cncc1Cl)c1ccccc1OC(F)F. The van der Waals surface area contributed by atoms with Crippen LogP contribution in [0.25, 0.3) is 0 Å². The molecule has 0 aliphatic rings. The molecule has 1 N–H and O–H groups in total. The fourth-order valence-corrected chi connectivity index (χ4v) is 2.02. The Hall–Kier alpha value is -1.92. The average molecular weight is 333 g/mol. The van der Waals surface area contributed by atoms with Crippen LogP contribution in [-0.4, -0.2) is 17.5 Å². The Balaban J connectivity index is 2.29. The zero-order chi connectivity index (χ0) is 15.4. The summed E-state index contributed by atoms with van der Waals surface area (Å²) in [5, 5.41) is 2.70. The number of anilines is 1. The maximum atomic E-state index is 12.3. The second-order valence-corrected chi connectivity index (χ2v) is 4.62. The van der Waals surface area contributed by atoms with Crippen LogP contribution in [0.5, 0.6) is 5.75 Å². The first-order valence-corrected chi connectivity index (χ1v) is 6.39. The van der Waals surface area contributed by atoms with Crippen LogP contribution in [0, 0.1) is 0 Å². The van der Waals surface area contributed by atoms with E-state index in [0.717, 1.165) is 0 Å². The monoisotopic (exact) mass is 332 g/mol. The van der Waals surface area contributed by atoms with Crippen LogP contribution in [0.1, 0.15) is 10.4 Å². The zero-order valence-electron chi connectivity index (χ0n) is 10.3. The lowest BCUT2D eigenvalue weighted by Crippen LogP contribution is -2.15. The first kappa shape index (κ1) is 15.5. The van der Waals surface area contributed by atoms with Gasteiger partial charge in [-0.1, -0.05) is 35.3 Å². The lowest BCUT2D eigenvalue weighted by molar-refractivity contribution is -0.0501. The number of para-hydroxylation sites is 1. The third kappa shape index (κ3) is 3.80. The number of pyridine rings is 1. The molecule has 0 saturated carbocycles. The molecule has 0 unspecified atom stereocenters. The van der Waals surface area contributed by atoms with E-state index >= 15 is 0 Å². The van der Waals surface area contributed by atoms with Crippen LogP contribution in [-0.2, 0) is 0 Å². The van der Waals surface area contributed by atoms with E-state index in [4.69, 9.17) is 23.2 Å². The van der Waals surface area contributed by atoms with Crippen molar-refractivity contribution in [2.45, 2.75) is 6.61 Å². The van der Waals surface area contributed by atoms with Crippen LogP contribution in [0.2, 0.25) is 10.0 Å². The largest absolute Gasteiger partial charge is 0.434 e. The fourth-order valence-electron chi connectivity index (χ4n) is 1.56. The van der Waals surface area contributed by atoms with Gasteiger partial charge in [-0.3, -0.25) is 9.78 Å². The van der Waals surface area contributed by atoms with E-state index in [1.165, 1.54) is 36.7 Å². The van der Waals surface area contributed by atoms with Gasteiger partial charge in [-0.15, -0.1) is 0 Å². The van der Waals surface area contributed by atoms with Gasteiger partial charge in [0.15, 0.2) is 0 Å². The third-order valence-corrected chi connectivity index (χ3v) is 3.01. The Morgan fingerprint density at radius 1 is 1.19 bits per heavy atom. The minimum Gasteiger partial charge on any atom is -0.434 e. The van der Waals surface area contributed by atoms with Crippen LogP contribution >= 0.6 is 23.2 Å². The number of alkyl halides is 2. The highest BCUT2D eigenvalue weighted by Crippen LogP contribution is 2.30. The summed E-state index contributed by atoms with van der Waals surface area (Å²) in [4.78, 5) is 15.9. The molecule has 0 fully saturated rings. The van der Waals surface area contributed by atoms with Gasteiger partial charge in [0.25, 0.3) is 5.91 Å². The van der Waals surface area contributed by atoms with Gasteiger partial charge in [0.1, 0.15) is 5.75 Å². The summed E-state index contributed by atoms with van der Waals surface area (Å²) < 4.78 is 28.9. The van der Waals surface area contributed by atoms with Crippen molar-refractivity contribution >= 4 is 34.8 Å². The molecular weight excluding hydrogens is 325 g/mol. The number of carbonyl (C=O) groups excluding carboxylic acids is 1. The normalized spacial score (nSPS) is 10.5. The minimum atomic E-state index is -3.04. The van der Waals surface area contributed by atoms with E-state index in [9.17, 15) is 13.6 Å². The number of amides is 1. The molecule has 21 heavy (non-hydrogen) atoms. The van der Waals surface area contributed by atoms with Crippen molar-refractivity contribution in [3.63, 3.8) is 0 Å². The number of halogens is 4. The van der Waals surface area contributed by atoms with Crippen molar-refractivity contribution in [3.05, 3.63) is 52.3 Å². The van der Waals surface area contributed by atoms with Crippen LogP contribution in [0.4, 0.5) is 14.5 Å². The molecule has 0 spiro atoms. The highest BCUT2D eigenvalue weighted by Gasteiger charge is 2.17. The third-order valence-electron chi connectivity index (χ3n) is 2.44. The maximum Gasteiger partial charge on any atom is 0.387 e. The molecule has 4 nitrogen and oxygen atoms in total. The summed E-state index contributed by atoms with van der Waals surface area (Å²) in [5.74, 6) is -0.924. The van der Waals surface area contributed by atoms with Gasteiger partial charge in [0.2, 0.25) is 0 Å². The Bertz CT molecular complexity index is 648. The number of aromatic nitrogens is 1. The molecule has 0 radical (unpaired) electrons. The van der Waals surface area contributed by atoms with E-state index in [-0.39, 0.29) is 27.0 Å². The number of hydrogen-bond acceptors (Lipinski definition) is 3. The Morgan fingerprint density at radius 2 is 1.81 bits per heavy atom. The molecule has 1 aromatic heterocycles. The molecule has 0 aliphatic carbocycles. The molecule has 110 valence electrons. The minimum absolute atomic E-state index is 0.0678. The Kier molecular flexibility index (Phi) is 4.93. The zero-order valence-corrected chi connectivity index (χ0v) is 11.8. The lowest BCUT2D eigenvalue weighted by Gasteiger charge is -2.12. The molecular formula is C13H8Cl2F2N2O2. The van der Waals surface area contributed by atoms with Crippen LogP contribution in [0.15, 0.2) is 36.7 Å². The number of nitrogens with one attached hydrogen (secondary N) is 1. The van der Waals surface area contributed by atoms with Crippen molar-refractivity contribution in [1.82, 2.24) is 4.98 Å². The Morgan fingerprint density at radius 3 is 2.43 bits per heavy atom. The molecule has 8 heteroatoms. The molecule has 1 heterocycles. The summed E-state index contributed by atoms with van der Waals surface area (Å²) in [5.41, 5.74) is 0.0759. The Labute approximate surface area is 128 Å². The van der Waals surface area contributed by atoms with Crippen molar-refractivity contribution in [3.8, 4) is 5.75 Å². The molecule has 1 aromatic carbocycles. The standard InChI is InChI=1S/C13H8Cl2F2N2O2/c14-8-5-18-6-9(15)11(8)19-12(20)7-3-1-2-4-10(7)21-13(16)17/h1-6,13H,(H,18,19,20). The van der Waals surface area contributed by atoms with Gasteiger partial charge in [-0.05, 0) is 12.1 Å². The summed E-state index contributed by atoms with van der Waals surface area (Å²) in [7, 11) is 0.